The lowest BCUT2D eigenvalue weighted by Crippen LogP contribution is -2.68. The Balaban J connectivity index is 0.000000120. The molecule has 0 spiro atoms. The molecule has 0 N–H and O–H groups in total. The van der Waals surface area contributed by atoms with Crippen LogP contribution in [0.25, 0.3) is 50.1 Å². The molecule has 11 aromatic heterocycles. The quantitative estimate of drug-likeness (QED) is 0.0727. The first kappa shape index (κ1) is 78.1. The van der Waals surface area contributed by atoms with Crippen molar-refractivity contribution in [1.82, 2.24) is 73.4 Å². The van der Waals surface area contributed by atoms with Crippen molar-refractivity contribution in [2.24, 2.45) is 0 Å². The molecule has 0 aliphatic carbocycles. The van der Waals surface area contributed by atoms with E-state index in [0.29, 0.717) is 116 Å². The molecule has 0 saturated carbocycles. The van der Waals surface area contributed by atoms with Gasteiger partial charge in [-0.2, -0.15) is 31.1 Å². The number of benzene rings is 1. The minimum Gasteiger partial charge on any atom is -0.491 e. The third kappa shape index (κ3) is 15.8. The van der Waals surface area contributed by atoms with E-state index >= 15 is 0 Å². The third-order valence-corrected chi connectivity index (χ3v) is 24.8. The summed E-state index contributed by atoms with van der Waals surface area (Å²) in [6.07, 6.45) is 25.7. The highest BCUT2D eigenvalue weighted by Crippen LogP contribution is 2.42. The molecule has 6 bridgehead atoms. The number of hydrogen-bond donors (Lipinski definition) is 0. The number of pyridine rings is 7. The van der Waals surface area contributed by atoms with Crippen molar-refractivity contribution in [2.45, 2.75) is 95.1 Å². The average molecular weight is 1630 g/mol. The van der Waals surface area contributed by atoms with E-state index in [4.69, 9.17) is 48.4 Å². The molecule has 121 heavy (non-hydrogen) atoms. The molecule has 12 fully saturated rings. The second-order valence-corrected chi connectivity index (χ2v) is 32.4. The van der Waals surface area contributed by atoms with Crippen molar-refractivity contribution in [3.63, 3.8) is 0 Å². The Labute approximate surface area is 698 Å². The van der Waals surface area contributed by atoms with E-state index in [2.05, 4.69) is 136 Å². The number of halogens is 2. The maximum atomic E-state index is 14.2. The minimum atomic E-state index is -0.676. The van der Waals surface area contributed by atoms with Gasteiger partial charge in [-0.25, -0.2) is 47.2 Å². The summed E-state index contributed by atoms with van der Waals surface area (Å²) in [6, 6.07) is 34.9. The van der Waals surface area contributed by atoms with E-state index in [-0.39, 0.29) is 11.9 Å². The summed E-state index contributed by atoms with van der Waals surface area (Å²) >= 11 is 0. The lowest BCUT2D eigenvalue weighted by Gasteiger charge is -2.56. The van der Waals surface area contributed by atoms with Gasteiger partial charge in [-0.1, -0.05) is 12.1 Å². The van der Waals surface area contributed by atoms with Crippen LogP contribution in [-0.2, 0) is 33.8 Å². The second-order valence-electron chi connectivity index (χ2n) is 32.4. The summed E-state index contributed by atoms with van der Waals surface area (Å²) in [5.41, 5.74) is 15.4. The van der Waals surface area contributed by atoms with Gasteiger partial charge in [-0.05, 0) is 104 Å². The Bertz CT molecular complexity index is 5820. The van der Waals surface area contributed by atoms with Gasteiger partial charge in [0.1, 0.15) is 35.7 Å². The van der Waals surface area contributed by atoms with E-state index in [1.165, 1.54) is 43.2 Å². The molecule has 1 aromatic carbocycles. The van der Waals surface area contributed by atoms with Gasteiger partial charge in [0.05, 0.1) is 166 Å². The summed E-state index contributed by atoms with van der Waals surface area (Å²) in [6.45, 7) is 20.7. The number of piperidine rings is 3. The Kier molecular flexibility index (Phi) is 21.8. The monoisotopic (exact) mass is 1630 g/mol. The van der Waals surface area contributed by atoms with Gasteiger partial charge in [0, 0.05) is 199 Å². The highest BCUT2D eigenvalue weighted by molar-refractivity contribution is 5.89. The fraction of sp³-hybridized carbons (Fsp3) is 0.393. The van der Waals surface area contributed by atoms with Crippen molar-refractivity contribution >= 4 is 51.1 Å². The van der Waals surface area contributed by atoms with Crippen molar-refractivity contribution in [2.75, 3.05) is 162 Å². The van der Waals surface area contributed by atoms with Crippen LogP contribution in [0.4, 0.5) is 43.3 Å². The van der Waals surface area contributed by atoms with Crippen LogP contribution < -0.4 is 43.6 Å². The molecule has 23 heterocycles. The molecule has 30 nitrogen and oxygen atoms in total. The zero-order chi connectivity index (χ0) is 82.4. The zero-order valence-corrected chi connectivity index (χ0v) is 67.9. The van der Waals surface area contributed by atoms with Gasteiger partial charge < -0.3 is 57.8 Å². The average Bonchev–Trinajstić information content (AvgIpc) is 1.60. The molecule has 0 amide bonds. The standard InChI is InChI=1S/C31H34N8O2.C30H29F2N7O2.C28H29N9O2/c1-21(2)41-30-6-3-22(14-34-30)17-38-26-11-27(38)19-37(18-26)29-5-4-23(15-33-29)28-12-25(36-7-9-40-10-8-36)20-39-31(28)24(13-32)16-35-39;1-40-30-26(31)8-19(9-27(30)32)15-38-23-10-24(38)17-37(16-23)28-3-2-20(13-34-28)25-11-22(36-4-6-41-7-5-36)18-39-29(25)21(12-33)14-35-39;1-38-27-3-2-19(11-32-27)15-36-22-8-23(36)17-35(16-22)26-14-30-25(13-31-26)24-9-21(34-4-6-39-7-5-34)18-37-28(24)20(10-29)12-33-37/h3-6,12,14-16,20-21,26-27H,7-11,17-19H2,1-2H3;2-3,8-9,11,13-14,18,23-24H,4-7,10,15-17H2,1H3;2-3,9,11-14,18,22-23H,4-8,15-17H2,1H3. The number of piperazine rings is 3. The van der Waals surface area contributed by atoms with Gasteiger partial charge in [-0.3, -0.25) is 19.7 Å². The number of methoxy groups -OCH3 is 2. The number of rotatable bonds is 19. The van der Waals surface area contributed by atoms with Crippen LogP contribution in [0, 0.1) is 45.6 Å². The topological polar surface area (TPSA) is 285 Å². The van der Waals surface area contributed by atoms with Crippen LogP contribution in [0.15, 0.2) is 153 Å². The summed E-state index contributed by atoms with van der Waals surface area (Å²) in [5.74, 6) is 2.39. The van der Waals surface area contributed by atoms with Crippen molar-refractivity contribution in [3.05, 3.63) is 198 Å². The molecule has 6 atom stereocenters. The first-order chi connectivity index (χ1) is 59.3. The predicted molar refractivity (Wildman–Crippen MR) is 450 cm³/mol. The molecule has 12 aliphatic rings. The van der Waals surface area contributed by atoms with Gasteiger partial charge in [0.2, 0.25) is 11.8 Å². The summed E-state index contributed by atoms with van der Waals surface area (Å²) in [4.78, 5) is 49.5. The maximum absolute atomic E-state index is 14.2. The first-order valence-corrected chi connectivity index (χ1v) is 41.4. The number of nitrogens with zero attached hydrogens (tertiary/aromatic N) is 24. The van der Waals surface area contributed by atoms with Gasteiger partial charge in [0.25, 0.3) is 0 Å². The van der Waals surface area contributed by atoms with Crippen LogP contribution in [0.2, 0.25) is 0 Å². The van der Waals surface area contributed by atoms with Crippen molar-refractivity contribution in [3.8, 4) is 69.2 Å². The van der Waals surface area contributed by atoms with E-state index in [1.807, 2.05) is 92.3 Å². The number of fused-ring (bicyclic) bond motifs is 9. The number of ether oxygens (including phenoxy) is 6. The molecule has 24 rings (SSSR count). The first-order valence-electron chi connectivity index (χ1n) is 41.4. The number of hydrogen-bond acceptors (Lipinski definition) is 27. The molecule has 32 heteroatoms. The fourth-order valence-electron chi connectivity index (χ4n) is 18.6. The summed E-state index contributed by atoms with van der Waals surface area (Å²) in [7, 11) is 2.90. The Hall–Kier alpha value is -12.7. The smallest absolute Gasteiger partial charge is 0.213 e. The van der Waals surface area contributed by atoms with Crippen LogP contribution in [0.1, 0.15) is 66.5 Å². The highest BCUT2D eigenvalue weighted by Gasteiger charge is 2.48. The third-order valence-electron chi connectivity index (χ3n) is 24.8. The minimum absolute atomic E-state index is 0.124. The molecule has 618 valence electrons. The van der Waals surface area contributed by atoms with E-state index < -0.39 is 11.6 Å². The molecular formula is C89H92F2N24O6. The number of nitriles is 3. The lowest BCUT2D eigenvalue weighted by atomic mass is 9.86. The van der Waals surface area contributed by atoms with Crippen molar-refractivity contribution < 1.29 is 37.2 Å². The Morgan fingerprint density at radius 1 is 0.405 bits per heavy atom. The maximum Gasteiger partial charge on any atom is 0.213 e. The second kappa shape index (κ2) is 33.8. The Morgan fingerprint density at radius 3 is 1.15 bits per heavy atom. The summed E-state index contributed by atoms with van der Waals surface area (Å²) in [5, 5.41) is 42.6. The molecule has 12 saturated heterocycles. The SMILES string of the molecule is CC(C)Oc1ccc(CN2C3CC2CN(c2ccc(-c4cc(N5CCOCC5)cn5ncc(C#N)c45)cn2)C3)cn1.COc1c(F)cc(CN2C3CC2CN(c2ccc(-c4cc(N5CCOCC5)cn5ncc(C#N)c45)cn2)C3)cc1F.COc1ccc(CN2C3CC2CN(c2cnc(-c4cc(N5CCOCC5)cn5ncc(C#N)c45)cn2)C3)cn1. The number of morpholine rings is 3. The Morgan fingerprint density at radius 2 is 0.793 bits per heavy atom. The fourth-order valence-corrected chi connectivity index (χ4v) is 18.6. The zero-order valence-electron chi connectivity index (χ0n) is 67.9. The molecular weight excluding hydrogens is 1540 g/mol. The van der Waals surface area contributed by atoms with Crippen molar-refractivity contribution in [1.29, 1.82) is 15.8 Å². The van der Waals surface area contributed by atoms with E-state index in [1.54, 1.807) is 34.7 Å². The normalized spacial score (nSPS) is 20.8. The lowest BCUT2D eigenvalue weighted by molar-refractivity contribution is -0.00884. The van der Waals surface area contributed by atoms with Gasteiger partial charge in [0.15, 0.2) is 17.4 Å². The predicted octanol–water partition coefficient (Wildman–Crippen LogP) is 9.97. The number of anilines is 6. The van der Waals surface area contributed by atoms with Crippen LogP contribution in [0.5, 0.6) is 17.5 Å². The van der Waals surface area contributed by atoms with Crippen LogP contribution >= 0.6 is 0 Å². The largest absolute Gasteiger partial charge is 0.491 e. The molecule has 12 aromatic rings. The molecule has 6 unspecified atom stereocenters. The van der Waals surface area contributed by atoms with Crippen LogP contribution in [0.3, 0.4) is 0 Å². The summed E-state index contributed by atoms with van der Waals surface area (Å²) < 4.78 is 66.1. The van der Waals surface area contributed by atoms with Crippen LogP contribution in [-0.4, -0.2) is 248 Å². The molecule has 12 aliphatic heterocycles. The highest BCUT2D eigenvalue weighted by atomic mass is 19.1. The molecule has 0 radical (unpaired) electrons. The number of aromatic nitrogens is 12. The van der Waals surface area contributed by atoms with E-state index in [9.17, 15) is 24.6 Å². The van der Waals surface area contributed by atoms with Gasteiger partial charge >= 0.3 is 0 Å². The van der Waals surface area contributed by atoms with Gasteiger partial charge in [-0.15, -0.1) is 0 Å². The van der Waals surface area contributed by atoms with E-state index in [0.717, 1.165) is 183 Å².